The predicted octanol–water partition coefficient (Wildman–Crippen LogP) is 2.52. The molecule has 2 fully saturated rings. The van der Waals surface area contributed by atoms with Crippen molar-refractivity contribution in [1.82, 2.24) is 9.80 Å². The van der Waals surface area contributed by atoms with Crippen LogP contribution in [-0.4, -0.2) is 47.7 Å². The third-order valence-corrected chi connectivity index (χ3v) is 4.37. The van der Waals surface area contributed by atoms with Crippen molar-refractivity contribution < 1.29 is 9.18 Å². The van der Waals surface area contributed by atoms with Gasteiger partial charge in [0.25, 0.3) is 0 Å². The van der Waals surface area contributed by atoms with Gasteiger partial charge in [0.05, 0.1) is 6.54 Å². The van der Waals surface area contributed by atoms with E-state index < -0.39 is 6.17 Å². The highest BCUT2D eigenvalue weighted by molar-refractivity contribution is 5.75. The van der Waals surface area contributed by atoms with E-state index in [9.17, 15) is 9.18 Å². The Morgan fingerprint density at radius 3 is 2.41 bits per heavy atom. The molecule has 0 aromatic heterocycles. The van der Waals surface area contributed by atoms with Gasteiger partial charge in [0.1, 0.15) is 6.17 Å². The topological polar surface area (TPSA) is 23.6 Å². The number of alkyl halides is 1. The van der Waals surface area contributed by atoms with Gasteiger partial charge in [-0.3, -0.25) is 0 Å². The summed E-state index contributed by atoms with van der Waals surface area (Å²) < 4.78 is 13.3. The Balaban J connectivity index is 1.96. The Labute approximate surface area is 103 Å². The highest BCUT2D eigenvalue weighted by atomic mass is 19.1. The van der Waals surface area contributed by atoms with Crippen molar-refractivity contribution in [3.63, 3.8) is 0 Å². The molecule has 0 aromatic rings. The second-order valence-corrected chi connectivity index (χ2v) is 5.81. The fraction of sp³-hybridized carbons (Fsp3) is 0.923. The van der Waals surface area contributed by atoms with Crippen molar-refractivity contribution in [3.05, 3.63) is 0 Å². The zero-order chi connectivity index (χ0) is 12.6. The van der Waals surface area contributed by atoms with E-state index in [1.165, 1.54) is 0 Å². The number of hydrogen-bond acceptors (Lipinski definition) is 1. The molecular weight excluding hydrogens is 219 g/mol. The summed E-state index contributed by atoms with van der Waals surface area (Å²) in [6, 6.07) is 0.0866. The molecule has 4 atom stereocenters. The predicted molar refractivity (Wildman–Crippen MR) is 65.6 cm³/mol. The molecule has 2 aliphatic rings. The summed E-state index contributed by atoms with van der Waals surface area (Å²) in [5.41, 5.74) is 0. The Hall–Kier alpha value is -0.800. The molecule has 2 rings (SSSR count). The Morgan fingerprint density at radius 1 is 1.18 bits per heavy atom. The van der Waals surface area contributed by atoms with Gasteiger partial charge in [-0.1, -0.05) is 13.8 Å². The van der Waals surface area contributed by atoms with Gasteiger partial charge >= 0.3 is 6.03 Å². The lowest BCUT2D eigenvalue weighted by Crippen LogP contribution is -2.49. The normalized spacial score (nSPS) is 38.6. The smallest absolute Gasteiger partial charge is 0.320 e. The van der Waals surface area contributed by atoms with Crippen LogP contribution in [-0.2, 0) is 0 Å². The Morgan fingerprint density at radius 2 is 1.88 bits per heavy atom. The molecule has 0 aliphatic carbocycles. The van der Waals surface area contributed by atoms with Crippen molar-refractivity contribution >= 4 is 6.03 Å². The number of rotatable bonds is 0. The molecule has 0 bridgehead atoms. The minimum absolute atomic E-state index is 0.0383. The SMILES string of the molecule is CC1CCN(C(=O)N2CC(F)CC2C)CC1C. The summed E-state index contributed by atoms with van der Waals surface area (Å²) in [5.74, 6) is 1.23. The van der Waals surface area contributed by atoms with Gasteiger partial charge in [-0.15, -0.1) is 0 Å². The zero-order valence-electron chi connectivity index (χ0n) is 11.0. The average Bonchev–Trinajstić information content (AvgIpc) is 2.61. The van der Waals surface area contributed by atoms with E-state index >= 15 is 0 Å². The van der Waals surface area contributed by atoms with Crippen molar-refractivity contribution in [3.8, 4) is 0 Å². The van der Waals surface area contributed by atoms with Crippen molar-refractivity contribution in [1.29, 1.82) is 0 Å². The molecule has 2 heterocycles. The summed E-state index contributed by atoms with van der Waals surface area (Å²) >= 11 is 0. The number of likely N-dealkylation sites (tertiary alicyclic amines) is 2. The number of carbonyl (C=O) groups is 1. The second kappa shape index (κ2) is 4.83. The van der Waals surface area contributed by atoms with Gasteiger partial charge in [-0.2, -0.15) is 0 Å². The number of piperidine rings is 1. The van der Waals surface area contributed by atoms with Crippen molar-refractivity contribution in [2.24, 2.45) is 11.8 Å². The molecule has 2 saturated heterocycles. The van der Waals surface area contributed by atoms with Gasteiger partial charge in [0.15, 0.2) is 0 Å². The highest BCUT2D eigenvalue weighted by Gasteiger charge is 2.36. The molecule has 2 amide bonds. The molecule has 17 heavy (non-hydrogen) atoms. The van der Waals surface area contributed by atoms with Gasteiger partial charge in [-0.05, 0) is 25.2 Å². The second-order valence-electron chi connectivity index (χ2n) is 5.81. The third-order valence-electron chi connectivity index (χ3n) is 4.37. The summed E-state index contributed by atoms with van der Waals surface area (Å²) in [6.45, 7) is 8.29. The van der Waals surface area contributed by atoms with Crippen LogP contribution in [0, 0.1) is 11.8 Å². The van der Waals surface area contributed by atoms with Crippen LogP contribution in [0.25, 0.3) is 0 Å². The maximum Gasteiger partial charge on any atom is 0.320 e. The van der Waals surface area contributed by atoms with Gasteiger partial charge in [0.2, 0.25) is 0 Å². The highest BCUT2D eigenvalue weighted by Crippen LogP contribution is 2.26. The Kier molecular flexibility index (Phi) is 3.59. The van der Waals surface area contributed by atoms with Crippen LogP contribution in [0.1, 0.15) is 33.6 Å². The fourth-order valence-electron chi connectivity index (χ4n) is 2.85. The first-order valence-electron chi connectivity index (χ1n) is 6.68. The quantitative estimate of drug-likeness (QED) is 0.640. The first-order valence-corrected chi connectivity index (χ1v) is 6.68. The number of hydrogen-bond donors (Lipinski definition) is 0. The van der Waals surface area contributed by atoms with E-state index in [-0.39, 0.29) is 18.6 Å². The number of nitrogens with zero attached hydrogens (tertiary/aromatic N) is 2. The van der Waals surface area contributed by atoms with E-state index in [0.717, 1.165) is 19.5 Å². The van der Waals surface area contributed by atoms with Crippen LogP contribution in [0.2, 0.25) is 0 Å². The minimum atomic E-state index is -0.838. The van der Waals surface area contributed by atoms with Crippen LogP contribution in [0.15, 0.2) is 0 Å². The lowest BCUT2D eigenvalue weighted by atomic mass is 9.89. The third kappa shape index (κ3) is 2.55. The first kappa shape index (κ1) is 12.7. The average molecular weight is 242 g/mol. The van der Waals surface area contributed by atoms with E-state index in [2.05, 4.69) is 13.8 Å². The zero-order valence-corrected chi connectivity index (χ0v) is 11.0. The minimum Gasteiger partial charge on any atom is -0.324 e. The molecule has 0 spiro atoms. The van der Waals surface area contributed by atoms with Crippen LogP contribution in [0.3, 0.4) is 0 Å². The molecule has 0 N–H and O–H groups in total. The van der Waals surface area contributed by atoms with Crippen LogP contribution >= 0.6 is 0 Å². The maximum atomic E-state index is 13.3. The molecule has 4 unspecified atom stereocenters. The summed E-state index contributed by atoms with van der Waals surface area (Å²) in [6.07, 6.45) is 0.717. The van der Waals surface area contributed by atoms with E-state index in [1.54, 1.807) is 4.90 Å². The van der Waals surface area contributed by atoms with Crippen molar-refractivity contribution in [2.75, 3.05) is 19.6 Å². The maximum absolute atomic E-state index is 13.3. The number of urea groups is 1. The van der Waals surface area contributed by atoms with Crippen LogP contribution < -0.4 is 0 Å². The molecule has 98 valence electrons. The van der Waals surface area contributed by atoms with Gasteiger partial charge in [-0.25, -0.2) is 9.18 Å². The fourth-order valence-corrected chi connectivity index (χ4v) is 2.85. The summed E-state index contributed by atoms with van der Waals surface area (Å²) in [4.78, 5) is 15.9. The monoisotopic (exact) mass is 242 g/mol. The first-order chi connectivity index (χ1) is 7.99. The van der Waals surface area contributed by atoms with E-state index in [4.69, 9.17) is 0 Å². The molecule has 0 aromatic carbocycles. The van der Waals surface area contributed by atoms with Crippen LogP contribution in [0.5, 0.6) is 0 Å². The standard InChI is InChI=1S/C13H23FN2O/c1-9-4-5-15(7-10(9)2)13(17)16-8-12(14)6-11(16)3/h9-12H,4-8H2,1-3H3. The molecular formula is C13H23FN2O. The lowest BCUT2D eigenvalue weighted by molar-refractivity contribution is 0.111. The van der Waals surface area contributed by atoms with E-state index in [0.29, 0.717) is 18.3 Å². The lowest BCUT2D eigenvalue weighted by Gasteiger charge is -2.38. The van der Waals surface area contributed by atoms with Crippen molar-refractivity contribution in [2.45, 2.75) is 45.8 Å². The molecule has 3 nitrogen and oxygen atoms in total. The largest absolute Gasteiger partial charge is 0.324 e. The molecule has 0 radical (unpaired) electrons. The Bertz CT molecular complexity index is 297. The molecule has 2 aliphatic heterocycles. The molecule has 0 saturated carbocycles. The summed E-state index contributed by atoms with van der Waals surface area (Å²) in [7, 11) is 0. The molecule has 4 heteroatoms. The van der Waals surface area contributed by atoms with Gasteiger partial charge in [0, 0.05) is 25.6 Å². The van der Waals surface area contributed by atoms with Gasteiger partial charge < -0.3 is 9.80 Å². The van der Waals surface area contributed by atoms with Crippen LogP contribution in [0.4, 0.5) is 9.18 Å². The summed E-state index contributed by atoms with van der Waals surface area (Å²) in [5, 5.41) is 0. The number of amides is 2. The number of carbonyl (C=O) groups excluding carboxylic acids is 1. The number of halogens is 1. The van der Waals surface area contributed by atoms with E-state index in [1.807, 2.05) is 11.8 Å².